The van der Waals surface area contributed by atoms with Gasteiger partial charge in [0, 0.05) is 12.6 Å². The quantitative estimate of drug-likeness (QED) is 0.732. The first kappa shape index (κ1) is 11.7. The van der Waals surface area contributed by atoms with Crippen molar-refractivity contribution in [3.05, 3.63) is 17.0 Å². The molecule has 0 bridgehead atoms. The Labute approximate surface area is 89.2 Å². The molecule has 1 rings (SSSR count). The molecule has 0 aliphatic carbocycles. The van der Waals surface area contributed by atoms with Gasteiger partial charge in [0.1, 0.15) is 5.69 Å². The second kappa shape index (κ2) is 4.93. The van der Waals surface area contributed by atoms with Gasteiger partial charge in [-0.1, -0.05) is 0 Å². The summed E-state index contributed by atoms with van der Waals surface area (Å²) < 4.78 is 6.52. The smallest absolute Gasteiger partial charge is 0.356 e. The minimum Gasteiger partial charge on any atom is -0.461 e. The molecule has 0 aromatic carbocycles. The molecule has 1 heterocycles. The first-order valence-electron chi connectivity index (χ1n) is 5.01. The topological polar surface area (TPSA) is 70.1 Å². The van der Waals surface area contributed by atoms with Crippen LogP contribution >= 0.6 is 0 Å². The van der Waals surface area contributed by atoms with Crippen molar-refractivity contribution in [1.82, 2.24) is 9.78 Å². The van der Waals surface area contributed by atoms with E-state index in [2.05, 4.69) is 5.10 Å². The lowest BCUT2D eigenvalue weighted by molar-refractivity contribution is 0.0512. The summed E-state index contributed by atoms with van der Waals surface area (Å²) >= 11 is 0. The monoisotopic (exact) mass is 211 g/mol. The van der Waals surface area contributed by atoms with Crippen LogP contribution in [0.5, 0.6) is 0 Å². The molecule has 0 saturated carbocycles. The van der Waals surface area contributed by atoms with Gasteiger partial charge < -0.3 is 10.5 Å². The minimum atomic E-state index is -0.330. The van der Waals surface area contributed by atoms with Gasteiger partial charge in [-0.3, -0.25) is 4.68 Å². The maximum atomic E-state index is 11.7. The molecule has 0 spiro atoms. The highest BCUT2D eigenvalue weighted by molar-refractivity contribution is 5.89. The molecule has 5 nitrogen and oxygen atoms in total. The molecule has 0 radical (unpaired) electrons. The molecule has 0 saturated heterocycles. The average molecular weight is 211 g/mol. The number of aryl methyl sites for hydroxylation is 2. The predicted octanol–water partition coefficient (Wildman–Crippen LogP) is 0.406. The van der Waals surface area contributed by atoms with Crippen LogP contribution in [-0.4, -0.2) is 28.9 Å². The van der Waals surface area contributed by atoms with E-state index < -0.39 is 0 Å². The standard InChI is InChI=1S/C10H17N3O2/c1-4-15-10(14)9-8(5-6-11)7(2)12-13(9)3/h4-6,11H2,1-3H3. The lowest BCUT2D eigenvalue weighted by Gasteiger charge is -2.04. The van der Waals surface area contributed by atoms with E-state index in [-0.39, 0.29) is 5.97 Å². The van der Waals surface area contributed by atoms with Gasteiger partial charge >= 0.3 is 5.97 Å². The molecule has 84 valence electrons. The van der Waals surface area contributed by atoms with Gasteiger partial charge in [0.2, 0.25) is 0 Å². The SMILES string of the molecule is CCOC(=O)c1c(CCN)c(C)nn1C. The van der Waals surface area contributed by atoms with Crippen LogP contribution in [0.2, 0.25) is 0 Å². The first-order chi connectivity index (χ1) is 7.11. The Balaban J connectivity index is 3.08. The number of ether oxygens (including phenoxy) is 1. The summed E-state index contributed by atoms with van der Waals surface area (Å²) in [5.41, 5.74) is 7.73. The van der Waals surface area contributed by atoms with Crippen LogP contribution in [0.15, 0.2) is 0 Å². The van der Waals surface area contributed by atoms with Crippen molar-refractivity contribution in [2.75, 3.05) is 13.2 Å². The van der Waals surface area contributed by atoms with Crippen LogP contribution in [0.25, 0.3) is 0 Å². The fraction of sp³-hybridized carbons (Fsp3) is 0.600. The molecular formula is C10H17N3O2. The van der Waals surface area contributed by atoms with E-state index in [4.69, 9.17) is 10.5 Å². The van der Waals surface area contributed by atoms with Crippen molar-refractivity contribution in [2.24, 2.45) is 12.8 Å². The van der Waals surface area contributed by atoms with Crippen LogP contribution in [0, 0.1) is 6.92 Å². The first-order valence-corrected chi connectivity index (χ1v) is 5.01. The molecule has 15 heavy (non-hydrogen) atoms. The van der Waals surface area contributed by atoms with Crippen LogP contribution in [0.4, 0.5) is 0 Å². The molecule has 0 fully saturated rings. The van der Waals surface area contributed by atoms with Crippen molar-refractivity contribution in [2.45, 2.75) is 20.3 Å². The zero-order valence-electron chi connectivity index (χ0n) is 9.41. The third-order valence-electron chi connectivity index (χ3n) is 2.21. The average Bonchev–Trinajstić information content (AvgIpc) is 2.43. The Morgan fingerprint density at radius 1 is 1.60 bits per heavy atom. The zero-order chi connectivity index (χ0) is 11.4. The van der Waals surface area contributed by atoms with E-state index in [1.807, 2.05) is 6.92 Å². The van der Waals surface area contributed by atoms with E-state index in [1.54, 1.807) is 18.7 Å². The largest absolute Gasteiger partial charge is 0.461 e. The van der Waals surface area contributed by atoms with Crippen LogP contribution in [-0.2, 0) is 18.2 Å². The Morgan fingerprint density at radius 2 is 2.27 bits per heavy atom. The van der Waals surface area contributed by atoms with Crippen LogP contribution < -0.4 is 5.73 Å². The van der Waals surface area contributed by atoms with Crippen molar-refractivity contribution in [3.8, 4) is 0 Å². The second-order valence-corrected chi connectivity index (χ2v) is 3.30. The number of esters is 1. The fourth-order valence-corrected chi connectivity index (χ4v) is 1.60. The number of carbonyl (C=O) groups excluding carboxylic acids is 1. The van der Waals surface area contributed by atoms with Crippen molar-refractivity contribution in [3.63, 3.8) is 0 Å². The molecular weight excluding hydrogens is 194 g/mol. The summed E-state index contributed by atoms with van der Waals surface area (Å²) in [6, 6.07) is 0. The number of hydrogen-bond donors (Lipinski definition) is 1. The van der Waals surface area contributed by atoms with E-state index in [0.29, 0.717) is 25.3 Å². The van der Waals surface area contributed by atoms with Gasteiger partial charge in [-0.25, -0.2) is 4.79 Å². The van der Waals surface area contributed by atoms with Gasteiger partial charge in [0.15, 0.2) is 0 Å². The van der Waals surface area contributed by atoms with Gasteiger partial charge in [0.05, 0.1) is 12.3 Å². The van der Waals surface area contributed by atoms with E-state index in [9.17, 15) is 4.79 Å². The summed E-state index contributed by atoms with van der Waals surface area (Å²) in [7, 11) is 1.74. The van der Waals surface area contributed by atoms with Gasteiger partial charge in [-0.2, -0.15) is 5.10 Å². The summed E-state index contributed by atoms with van der Waals surface area (Å²) in [5.74, 6) is -0.330. The summed E-state index contributed by atoms with van der Waals surface area (Å²) in [5, 5.41) is 4.19. The Hall–Kier alpha value is -1.36. The highest BCUT2D eigenvalue weighted by Gasteiger charge is 2.20. The normalized spacial score (nSPS) is 10.4. The molecule has 0 atom stereocenters. The molecule has 2 N–H and O–H groups in total. The lowest BCUT2D eigenvalue weighted by Crippen LogP contribution is -2.14. The maximum Gasteiger partial charge on any atom is 0.356 e. The Morgan fingerprint density at radius 3 is 2.80 bits per heavy atom. The molecule has 1 aromatic rings. The maximum absolute atomic E-state index is 11.7. The zero-order valence-corrected chi connectivity index (χ0v) is 9.41. The molecule has 0 unspecified atom stereocenters. The fourth-order valence-electron chi connectivity index (χ4n) is 1.60. The van der Waals surface area contributed by atoms with Gasteiger partial charge in [0.25, 0.3) is 0 Å². The van der Waals surface area contributed by atoms with Crippen molar-refractivity contribution in [1.29, 1.82) is 0 Å². The Kier molecular flexibility index (Phi) is 3.85. The third-order valence-corrected chi connectivity index (χ3v) is 2.21. The number of hydrogen-bond acceptors (Lipinski definition) is 4. The molecule has 5 heteroatoms. The predicted molar refractivity (Wildman–Crippen MR) is 56.7 cm³/mol. The molecule has 0 aliphatic rings. The van der Waals surface area contributed by atoms with E-state index in [1.165, 1.54) is 0 Å². The van der Waals surface area contributed by atoms with Crippen molar-refractivity contribution >= 4 is 5.97 Å². The number of nitrogens with two attached hydrogens (primary N) is 1. The Bertz CT molecular complexity index is 358. The number of aromatic nitrogens is 2. The third kappa shape index (κ3) is 2.36. The van der Waals surface area contributed by atoms with Crippen LogP contribution in [0.3, 0.4) is 0 Å². The molecule has 0 aliphatic heterocycles. The van der Waals surface area contributed by atoms with Crippen LogP contribution in [0.1, 0.15) is 28.7 Å². The minimum absolute atomic E-state index is 0.330. The highest BCUT2D eigenvalue weighted by atomic mass is 16.5. The van der Waals surface area contributed by atoms with E-state index in [0.717, 1.165) is 11.3 Å². The second-order valence-electron chi connectivity index (χ2n) is 3.30. The summed E-state index contributed by atoms with van der Waals surface area (Å²) in [6.07, 6.45) is 0.647. The summed E-state index contributed by atoms with van der Waals surface area (Å²) in [4.78, 5) is 11.7. The number of carbonyl (C=O) groups is 1. The number of nitrogens with zero attached hydrogens (tertiary/aromatic N) is 2. The van der Waals surface area contributed by atoms with Crippen molar-refractivity contribution < 1.29 is 9.53 Å². The van der Waals surface area contributed by atoms with E-state index >= 15 is 0 Å². The molecule has 1 aromatic heterocycles. The molecule has 0 amide bonds. The van der Waals surface area contributed by atoms with Gasteiger partial charge in [-0.05, 0) is 26.8 Å². The number of rotatable bonds is 4. The lowest BCUT2D eigenvalue weighted by atomic mass is 10.1. The summed E-state index contributed by atoms with van der Waals surface area (Å²) in [6.45, 7) is 4.52. The van der Waals surface area contributed by atoms with Gasteiger partial charge in [-0.15, -0.1) is 0 Å². The highest BCUT2D eigenvalue weighted by Crippen LogP contribution is 2.14.